The van der Waals surface area contributed by atoms with Gasteiger partial charge in [-0.3, -0.25) is 0 Å². The van der Waals surface area contributed by atoms with Gasteiger partial charge in [0.05, 0.1) is 6.42 Å². The Balaban J connectivity index is 1.75. The second-order valence-electron chi connectivity index (χ2n) is 3.70. The summed E-state index contributed by atoms with van der Waals surface area (Å²) in [6.07, 6.45) is -1.36. The third-order valence-corrected chi connectivity index (χ3v) is 2.13. The molecule has 0 aliphatic heterocycles. The average molecular weight is 210 g/mol. The Morgan fingerprint density at radius 3 is 2.36 bits per heavy atom. The third-order valence-electron chi connectivity index (χ3n) is 2.13. The average Bonchev–Trinajstić information content (AvgIpc) is 2.84. The lowest BCUT2D eigenvalue weighted by Crippen LogP contribution is -2.26. The van der Waals surface area contributed by atoms with E-state index in [2.05, 4.69) is 10.6 Å². The molecule has 0 atom stereocenters. The van der Waals surface area contributed by atoms with Gasteiger partial charge in [0, 0.05) is 12.6 Å². The zero-order valence-electron chi connectivity index (χ0n) is 8.16. The maximum Gasteiger partial charge on any atom is 0.390 e. The van der Waals surface area contributed by atoms with Crippen molar-refractivity contribution in [1.29, 1.82) is 0 Å². The van der Waals surface area contributed by atoms with Crippen LogP contribution in [0.3, 0.4) is 0 Å². The highest BCUT2D eigenvalue weighted by molar-refractivity contribution is 4.80. The van der Waals surface area contributed by atoms with E-state index in [-0.39, 0.29) is 6.54 Å². The van der Waals surface area contributed by atoms with E-state index in [1.807, 2.05) is 0 Å². The van der Waals surface area contributed by atoms with Gasteiger partial charge in [-0.2, -0.15) is 13.2 Å². The third kappa shape index (κ3) is 7.15. The van der Waals surface area contributed by atoms with E-state index >= 15 is 0 Å². The summed E-state index contributed by atoms with van der Waals surface area (Å²) in [7, 11) is 0. The van der Waals surface area contributed by atoms with Crippen molar-refractivity contribution in [1.82, 2.24) is 10.6 Å². The lowest BCUT2D eigenvalue weighted by Gasteiger charge is -2.07. The quantitative estimate of drug-likeness (QED) is 0.625. The van der Waals surface area contributed by atoms with Crippen LogP contribution in [0.5, 0.6) is 0 Å². The van der Waals surface area contributed by atoms with E-state index in [9.17, 15) is 13.2 Å². The number of rotatable bonds is 7. The zero-order chi connectivity index (χ0) is 10.4. The topological polar surface area (TPSA) is 24.1 Å². The Hall–Kier alpha value is -0.290. The van der Waals surface area contributed by atoms with Crippen LogP contribution in [0, 0.1) is 0 Å². The molecule has 0 aromatic rings. The van der Waals surface area contributed by atoms with Crippen molar-refractivity contribution in [3.05, 3.63) is 0 Å². The molecule has 0 aromatic carbocycles. The number of hydrogen-bond donors (Lipinski definition) is 2. The molecule has 1 fully saturated rings. The summed E-state index contributed by atoms with van der Waals surface area (Å²) in [6.45, 7) is 1.60. The first kappa shape index (κ1) is 11.8. The predicted molar refractivity (Wildman–Crippen MR) is 49.2 cm³/mol. The van der Waals surface area contributed by atoms with Crippen molar-refractivity contribution in [3.63, 3.8) is 0 Å². The normalized spacial score (nSPS) is 17.4. The fraction of sp³-hybridized carbons (Fsp3) is 1.00. The first-order valence-electron chi connectivity index (χ1n) is 5.09. The van der Waals surface area contributed by atoms with Gasteiger partial charge >= 0.3 is 6.18 Å². The monoisotopic (exact) mass is 210 g/mol. The minimum Gasteiger partial charge on any atom is -0.316 e. The molecule has 1 aliphatic carbocycles. The highest BCUT2D eigenvalue weighted by atomic mass is 19.4. The van der Waals surface area contributed by atoms with Gasteiger partial charge in [0.25, 0.3) is 0 Å². The minimum atomic E-state index is -4.03. The van der Waals surface area contributed by atoms with Crippen LogP contribution in [0.15, 0.2) is 0 Å². The van der Waals surface area contributed by atoms with Crippen molar-refractivity contribution in [2.75, 3.05) is 19.6 Å². The molecule has 84 valence electrons. The summed E-state index contributed by atoms with van der Waals surface area (Å²) in [5, 5.41) is 6.08. The zero-order valence-corrected chi connectivity index (χ0v) is 8.16. The smallest absolute Gasteiger partial charge is 0.316 e. The van der Waals surface area contributed by atoms with Crippen LogP contribution in [-0.4, -0.2) is 31.9 Å². The molecule has 0 unspecified atom stereocenters. The molecule has 0 aromatic heterocycles. The second-order valence-corrected chi connectivity index (χ2v) is 3.70. The van der Waals surface area contributed by atoms with Gasteiger partial charge in [-0.15, -0.1) is 0 Å². The number of alkyl halides is 3. The summed E-state index contributed by atoms with van der Waals surface area (Å²) in [4.78, 5) is 0. The minimum absolute atomic E-state index is 0.0347. The van der Waals surface area contributed by atoms with Crippen LogP contribution in [-0.2, 0) is 0 Å². The summed E-state index contributed by atoms with van der Waals surface area (Å²) in [6, 6.07) is 0.685. The van der Waals surface area contributed by atoms with Crippen LogP contribution < -0.4 is 10.6 Å². The van der Waals surface area contributed by atoms with E-state index in [0.29, 0.717) is 12.6 Å². The van der Waals surface area contributed by atoms with E-state index in [1.54, 1.807) is 0 Å². The fourth-order valence-corrected chi connectivity index (χ4v) is 1.16. The molecule has 0 heterocycles. The summed E-state index contributed by atoms with van der Waals surface area (Å²) in [5.74, 6) is 0. The highest BCUT2D eigenvalue weighted by Gasteiger charge is 2.25. The Kier molecular flexibility index (Phi) is 4.68. The first-order valence-corrected chi connectivity index (χ1v) is 5.09. The molecule has 1 rings (SSSR count). The molecular weight excluding hydrogens is 193 g/mol. The van der Waals surface area contributed by atoms with Crippen LogP contribution in [0.4, 0.5) is 13.2 Å². The van der Waals surface area contributed by atoms with Gasteiger partial charge in [-0.05, 0) is 32.4 Å². The van der Waals surface area contributed by atoms with Crippen LogP contribution in [0.1, 0.15) is 25.7 Å². The molecule has 1 aliphatic rings. The van der Waals surface area contributed by atoms with Crippen LogP contribution in [0.2, 0.25) is 0 Å². The molecule has 2 N–H and O–H groups in total. The maximum atomic E-state index is 11.7. The molecule has 0 spiro atoms. The summed E-state index contributed by atoms with van der Waals surface area (Å²) in [5.41, 5.74) is 0. The Labute approximate surface area is 82.2 Å². The second kappa shape index (κ2) is 5.56. The predicted octanol–water partition coefficient (Wildman–Crippen LogP) is 1.67. The number of nitrogens with one attached hydrogen (secondary N) is 2. The number of hydrogen-bond acceptors (Lipinski definition) is 2. The highest BCUT2D eigenvalue weighted by Crippen LogP contribution is 2.18. The van der Waals surface area contributed by atoms with Crippen molar-refractivity contribution in [2.45, 2.75) is 37.9 Å². The van der Waals surface area contributed by atoms with Crippen LogP contribution in [0.25, 0.3) is 0 Å². The lowest BCUT2D eigenvalue weighted by atomic mass is 10.3. The fourth-order valence-electron chi connectivity index (χ4n) is 1.16. The van der Waals surface area contributed by atoms with Crippen molar-refractivity contribution in [3.8, 4) is 0 Å². The lowest BCUT2D eigenvalue weighted by molar-refractivity contribution is -0.133. The van der Waals surface area contributed by atoms with Gasteiger partial charge in [-0.1, -0.05) is 0 Å². The van der Waals surface area contributed by atoms with E-state index in [1.165, 1.54) is 12.8 Å². The largest absolute Gasteiger partial charge is 0.390 e. The summed E-state index contributed by atoms with van der Waals surface area (Å²) >= 11 is 0. The molecule has 1 saturated carbocycles. The van der Waals surface area contributed by atoms with Crippen molar-refractivity contribution in [2.24, 2.45) is 0 Å². The van der Waals surface area contributed by atoms with E-state index in [0.717, 1.165) is 13.0 Å². The Bertz CT molecular complexity index is 155. The molecule has 2 nitrogen and oxygen atoms in total. The van der Waals surface area contributed by atoms with Crippen molar-refractivity contribution >= 4 is 0 Å². The molecule has 14 heavy (non-hydrogen) atoms. The molecule has 5 heteroatoms. The van der Waals surface area contributed by atoms with Gasteiger partial charge < -0.3 is 10.6 Å². The van der Waals surface area contributed by atoms with Crippen LogP contribution >= 0.6 is 0 Å². The SMILES string of the molecule is FC(F)(F)CCNCCCNC1CC1. The number of halogens is 3. The Morgan fingerprint density at radius 2 is 1.79 bits per heavy atom. The molecule has 0 amide bonds. The van der Waals surface area contributed by atoms with Gasteiger partial charge in [0.1, 0.15) is 0 Å². The standard InChI is InChI=1S/C9H17F3N2/c10-9(11,12)4-7-13-5-1-6-14-8-2-3-8/h8,13-14H,1-7H2. The molecule has 0 bridgehead atoms. The molecular formula is C9H17F3N2. The first-order chi connectivity index (χ1) is 6.58. The molecule has 0 radical (unpaired) electrons. The van der Waals surface area contributed by atoms with E-state index < -0.39 is 12.6 Å². The Morgan fingerprint density at radius 1 is 1.07 bits per heavy atom. The van der Waals surface area contributed by atoms with E-state index in [4.69, 9.17) is 0 Å². The van der Waals surface area contributed by atoms with Gasteiger partial charge in [0.15, 0.2) is 0 Å². The summed E-state index contributed by atoms with van der Waals surface area (Å²) < 4.78 is 35.1. The van der Waals surface area contributed by atoms with Gasteiger partial charge in [0.2, 0.25) is 0 Å². The maximum absolute atomic E-state index is 11.7. The molecule has 0 saturated heterocycles. The van der Waals surface area contributed by atoms with Crippen molar-refractivity contribution < 1.29 is 13.2 Å². The van der Waals surface area contributed by atoms with Gasteiger partial charge in [-0.25, -0.2) is 0 Å².